The Morgan fingerprint density at radius 3 is 1.72 bits per heavy atom. The molecule has 0 radical (unpaired) electrons. The molecule has 4 atom stereocenters. The Kier molecular flexibility index (Phi) is 4.66. The molecule has 0 saturated carbocycles. The first-order valence-electron chi connectivity index (χ1n) is 5.48. The van der Waals surface area contributed by atoms with Gasteiger partial charge in [0.15, 0.2) is 6.10 Å². The van der Waals surface area contributed by atoms with Gasteiger partial charge >= 0.3 is 17.9 Å². The molecule has 1 heterocycles. The first-order valence-corrected chi connectivity index (χ1v) is 5.48. The van der Waals surface area contributed by atoms with E-state index in [9.17, 15) is 14.4 Å². The van der Waals surface area contributed by atoms with Gasteiger partial charge in [0, 0.05) is 20.8 Å². The van der Waals surface area contributed by atoms with Crippen LogP contribution in [0.2, 0.25) is 0 Å². The number of rotatable bonds is 3. The highest BCUT2D eigenvalue weighted by molar-refractivity contribution is 5.67. The van der Waals surface area contributed by atoms with Crippen LogP contribution in [0.4, 0.5) is 0 Å². The van der Waals surface area contributed by atoms with E-state index in [1.54, 1.807) is 6.92 Å². The van der Waals surface area contributed by atoms with Crippen molar-refractivity contribution < 1.29 is 33.3 Å². The van der Waals surface area contributed by atoms with Crippen LogP contribution in [0, 0.1) is 5.92 Å². The Balaban J connectivity index is 2.77. The van der Waals surface area contributed by atoms with Gasteiger partial charge in [-0.15, -0.1) is 0 Å². The maximum Gasteiger partial charge on any atom is 0.305 e. The highest BCUT2D eigenvalue weighted by Crippen LogP contribution is 2.31. The standard InChI is InChI=1S/C11H16O7/c1-5-9(15-6(2)12)11(17-8(4)14)18-10(5)16-7(3)13/h5,9-11H,1-4H3. The fourth-order valence-corrected chi connectivity index (χ4v) is 1.65. The minimum atomic E-state index is -1.06. The predicted molar refractivity (Wildman–Crippen MR) is 56.9 cm³/mol. The van der Waals surface area contributed by atoms with Gasteiger partial charge in [0.05, 0.1) is 5.92 Å². The number of esters is 3. The van der Waals surface area contributed by atoms with Crippen molar-refractivity contribution in [3.8, 4) is 0 Å². The van der Waals surface area contributed by atoms with E-state index in [4.69, 9.17) is 18.9 Å². The van der Waals surface area contributed by atoms with Gasteiger partial charge in [-0.05, 0) is 0 Å². The molecule has 0 aromatic carbocycles. The Morgan fingerprint density at radius 1 is 0.833 bits per heavy atom. The van der Waals surface area contributed by atoms with E-state index in [2.05, 4.69) is 0 Å². The van der Waals surface area contributed by atoms with Crippen molar-refractivity contribution in [2.45, 2.75) is 46.4 Å². The van der Waals surface area contributed by atoms with E-state index in [0.29, 0.717) is 0 Å². The first kappa shape index (κ1) is 14.4. The summed E-state index contributed by atoms with van der Waals surface area (Å²) in [4.78, 5) is 32.8. The monoisotopic (exact) mass is 260 g/mol. The van der Waals surface area contributed by atoms with E-state index >= 15 is 0 Å². The lowest BCUT2D eigenvalue weighted by Crippen LogP contribution is -2.34. The third-order valence-electron chi connectivity index (χ3n) is 2.35. The summed E-state index contributed by atoms with van der Waals surface area (Å²) in [6.07, 6.45) is -2.77. The summed E-state index contributed by atoms with van der Waals surface area (Å²) in [5, 5.41) is 0. The van der Waals surface area contributed by atoms with E-state index in [0.717, 1.165) is 0 Å². The van der Waals surface area contributed by atoms with Crippen LogP contribution in [-0.4, -0.2) is 36.6 Å². The Bertz CT molecular complexity index is 351. The van der Waals surface area contributed by atoms with Gasteiger partial charge in [-0.3, -0.25) is 19.1 Å². The van der Waals surface area contributed by atoms with E-state index in [1.165, 1.54) is 20.8 Å². The van der Waals surface area contributed by atoms with E-state index in [-0.39, 0.29) is 0 Å². The van der Waals surface area contributed by atoms with Gasteiger partial charge in [-0.25, -0.2) is 0 Å². The van der Waals surface area contributed by atoms with Crippen molar-refractivity contribution in [3.05, 3.63) is 0 Å². The van der Waals surface area contributed by atoms with Crippen LogP contribution in [0.15, 0.2) is 0 Å². The molecule has 1 aliphatic heterocycles. The molecule has 0 bridgehead atoms. The minimum absolute atomic E-state index is 0.429. The molecule has 0 N–H and O–H groups in total. The van der Waals surface area contributed by atoms with Crippen molar-refractivity contribution in [2.75, 3.05) is 0 Å². The SMILES string of the molecule is CC(=O)OC1OC(OC(C)=O)C(OC(C)=O)C1C. The summed E-state index contributed by atoms with van der Waals surface area (Å²) in [5.74, 6) is -2.07. The zero-order chi connectivity index (χ0) is 13.9. The van der Waals surface area contributed by atoms with Crippen LogP contribution >= 0.6 is 0 Å². The molecule has 0 aromatic heterocycles. The quantitative estimate of drug-likeness (QED) is 0.534. The first-order chi connectivity index (χ1) is 8.31. The Morgan fingerprint density at radius 2 is 1.28 bits per heavy atom. The molecular weight excluding hydrogens is 244 g/mol. The van der Waals surface area contributed by atoms with E-state index in [1.807, 2.05) is 0 Å². The second-order valence-corrected chi connectivity index (χ2v) is 4.02. The topological polar surface area (TPSA) is 88.1 Å². The summed E-state index contributed by atoms with van der Waals surface area (Å²) in [7, 11) is 0. The van der Waals surface area contributed by atoms with Crippen molar-refractivity contribution in [3.63, 3.8) is 0 Å². The molecule has 1 saturated heterocycles. The molecule has 7 heteroatoms. The fraction of sp³-hybridized carbons (Fsp3) is 0.727. The van der Waals surface area contributed by atoms with Gasteiger partial charge in [0.1, 0.15) is 0 Å². The molecule has 102 valence electrons. The van der Waals surface area contributed by atoms with Crippen molar-refractivity contribution in [2.24, 2.45) is 5.92 Å². The maximum absolute atomic E-state index is 11.0. The number of hydrogen-bond acceptors (Lipinski definition) is 7. The zero-order valence-corrected chi connectivity index (χ0v) is 10.7. The molecule has 4 unspecified atom stereocenters. The summed E-state index contributed by atoms with van der Waals surface area (Å²) >= 11 is 0. The number of carbonyl (C=O) groups is 3. The van der Waals surface area contributed by atoms with Gasteiger partial charge in [0.2, 0.25) is 12.6 Å². The van der Waals surface area contributed by atoms with Crippen LogP contribution < -0.4 is 0 Å². The molecule has 7 nitrogen and oxygen atoms in total. The molecule has 18 heavy (non-hydrogen) atoms. The van der Waals surface area contributed by atoms with Gasteiger partial charge in [-0.2, -0.15) is 0 Å². The lowest BCUT2D eigenvalue weighted by atomic mass is 10.1. The van der Waals surface area contributed by atoms with Crippen molar-refractivity contribution >= 4 is 17.9 Å². The maximum atomic E-state index is 11.0. The summed E-state index contributed by atoms with van der Waals surface area (Å²) in [6, 6.07) is 0. The lowest BCUT2D eigenvalue weighted by molar-refractivity contribution is -0.219. The minimum Gasteiger partial charge on any atom is -0.455 e. The average Bonchev–Trinajstić information content (AvgIpc) is 2.44. The predicted octanol–water partition coefficient (Wildman–Crippen LogP) is 0.363. The van der Waals surface area contributed by atoms with Crippen LogP contribution in [0.5, 0.6) is 0 Å². The molecular formula is C11H16O7. The van der Waals surface area contributed by atoms with Gasteiger partial charge in [0.25, 0.3) is 0 Å². The van der Waals surface area contributed by atoms with Crippen LogP contribution in [0.1, 0.15) is 27.7 Å². The van der Waals surface area contributed by atoms with Crippen molar-refractivity contribution in [1.29, 1.82) is 0 Å². The summed E-state index contributed by atoms with van der Waals surface area (Å²) in [5.41, 5.74) is 0. The molecule has 1 fully saturated rings. The molecule has 0 aromatic rings. The fourth-order valence-electron chi connectivity index (χ4n) is 1.65. The van der Waals surface area contributed by atoms with Gasteiger partial charge in [-0.1, -0.05) is 6.92 Å². The summed E-state index contributed by atoms with van der Waals surface area (Å²) < 4.78 is 20.0. The number of hydrogen-bond donors (Lipinski definition) is 0. The lowest BCUT2D eigenvalue weighted by Gasteiger charge is -2.19. The molecule has 0 amide bonds. The Labute approximate surface area is 104 Å². The van der Waals surface area contributed by atoms with E-state index < -0.39 is 42.5 Å². The molecule has 1 rings (SSSR count). The molecule has 1 aliphatic rings. The third kappa shape index (κ3) is 3.69. The van der Waals surface area contributed by atoms with Crippen LogP contribution in [0.25, 0.3) is 0 Å². The smallest absolute Gasteiger partial charge is 0.305 e. The average molecular weight is 260 g/mol. The van der Waals surface area contributed by atoms with Gasteiger partial charge < -0.3 is 14.2 Å². The largest absolute Gasteiger partial charge is 0.455 e. The highest BCUT2D eigenvalue weighted by Gasteiger charge is 2.48. The number of carbonyl (C=O) groups excluding carboxylic acids is 3. The third-order valence-corrected chi connectivity index (χ3v) is 2.35. The zero-order valence-electron chi connectivity index (χ0n) is 10.7. The molecule has 0 spiro atoms. The normalized spacial score (nSPS) is 30.7. The highest BCUT2D eigenvalue weighted by atomic mass is 16.8. The van der Waals surface area contributed by atoms with Crippen molar-refractivity contribution in [1.82, 2.24) is 0 Å². The van der Waals surface area contributed by atoms with Crippen LogP contribution in [0.3, 0.4) is 0 Å². The van der Waals surface area contributed by atoms with Crippen LogP contribution in [-0.2, 0) is 33.3 Å². The Hall–Kier alpha value is -1.63. The summed E-state index contributed by atoms with van der Waals surface area (Å²) in [6.45, 7) is 5.34. The molecule has 0 aliphatic carbocycles. The number of ether oxygens (including phenoxy) is 4. The second kappa shape index (κ2) is 5.81. The second-order valence-electron chi connectivity index (χ2n) is 4.02.